The number of methoxy groups -OCH3 is 1. The van der Waals surface area contributed by atoms with Crippen LogP contribution >= 0.6 is 0 Å². The summed E-state index contributed by atoms with van der Waals surface area (Å²) >= 11 is 0. The molecule has 0 spiro atoms. The molecule has 1 unspecified atom stereocenters. The molecular formula is C28H27N5O6. The lowest BCUT2D eigenvalue weighted by Crippen LogP contribution is -2.25. The third-order valence-electron chi connectivity index (χ3n) is 5.46. The summed E-state index contributed by atoms with van der Waals surface area (Å²) in [5.41, 5.74) is 2.19. The third-order valence-corrected chi connectivity index (χ3v) is 5.46. The molecule has 0 saturated heterocycles. The molecule has 4 rings (SSSR count). The summed E-state index contributed by atoms with van der Waals surface area (Å²) < 4.78 is 12.8. The smallest absolute Gasteiger partial charge is 0.337 e. The second kappa shape index (κ2) is 12.9. The average molecular weight is 530 g/mol. The summed E-state index contributed by atoms with van der Waals surface area (Å²) in [5.74, 6) is -0.701. The second-order valence-electron chi connectivity index (χ2n) is 8.33. The van der Waals surface area contributed by atoms with Crippen LogP contribution in [0.2, 0.25) is 0 Å². The van der Waals surface area contributed by atoms with E-state index >= 15 is 0 Å². The Balaban J connectivity index is 1.35. The van der Waals surface area contributed by atoms with Crippen molar-refractivity contribution in [2.24, 2.45) is 0 Å². The molecule has 4 N–H and O–H groups in total. The lowest BCUT2D eigenvalue weighted by Gasteiger charge is -2.13. The summed E-state index contributed by atoms with van der Waals surface area (Å²) in [6, 6.07) is 20.6. The monoisotopic (exact) mass is 529 g/mol. The van der Waals surface area contributed by atoms with E-state index in [9.17, 15) is 19.8 Å². The molecule has 0 aliphatic rings. The average Bonchev–Trinajstić information content (AvgIpc) is 3.38. The number of nitrogens with one attached hydrogen (secondary N) is 2. The first-order valence-corrected chi connectivity index (χ1v) is 11.9. The number of hydrogen-bond acceptors (Lipinski definition) is 8. The molecule has 4 aromatic rings. The largest absolute Gasteiger partial charge is 0.493 e. The lowest BCUT2D eigenvalue weighted by molar-refractivity contribution is -0.111. The minimum absolute atomic E-state index is 0.00159. The van der Waals surface area contributed by atoms with Gasteiger partial charge in [0, 0.05) is 11.8 Å². The van der Waals surface area contributed by atoms with E-state index in [1.54, 1.807) is 42.6 Å². The van der Waals surface area contributed by atoms with E-state index in [0.29, 0.717) is 22.8 Å². The Kier molecular flexibility index (Phi) is 8.88. The van der Waals surface area contributed by atoms with Crippen molar-refractivity contribution in [2.75, 3.05) is 17.7 Å². The molecule has 0 saturated carbocycles. The number of anilines is 2. The van der Waals surface area contributed by atoms with Crippen molar-refractivity contribution in [3.05, 3.63) is 102 Å². The molecule has 3 aromatic carbocycles. The minimum Gasteiger partial charge on any atom is -0.493 e. The Hall–Kier alpha value is -5.16. The fraction of sp³-hybridized carbons (Fsp3) is 0.143. The number of carboxylic acids is 1. The number of benzene rings is 3. The van der Waals surface area contributed by atoms with Gasteiger partial charge in [0.1, 0.15) is 18.5 Å². The Morgan fingerprint density at radius 2 is 1.82 bits per heavy atom. The van der Waals surface area contributed by atoms with Crippen LogP contribution in [0.1, 0.15) is 21.6 Å². The summed E-state index contributed by atoms with van der Waals surface area (Å²) in [4.78, 5) is 23.7. The van der Waals surface area contributed by atoms with E-state index in [2.05, 4.69) is 20.9 Å². The van der Waals surface area contributed by atoms with Crippen molar-refractivity contribution in [3.63, 3.8) is 0 Å². The SMILES string of the molecule is COc1ccc(/C=C/C(=O)Nc2ccccc2C(=O)O)cc1OCc1cn(CC(O)Nc2ccccc2)nn1. The van der Waals surface area contributed by atoms with Crippen LogP contribution < -0.4 is 20.1 Å². The first-order chi connectivity index (χ1) is 18.9. The van der Waals surface area contributed by atoms with Crippen LogP contribution in [0.4, 0.5) is 11.4 Å². The normalized spacial score (nSPS) is 11.6. The summed E-state index contributed by atoms with van der Waals surface area (Å²) in [6.07, 6.45) is 3.68. The van der Waals surface area contributed by atoms with Gasteiger partial charge in [0.25, 0.3) is 0 Å². The fourth-order valence-electron chi connectivity index (χ4n) is 3.63. The van der Waals surface area contributed by atoms with Gasteiger partial charge in [-0.3, -0.25) is 4.79 Å². The van der Waals surface area contributed by atoms with E-state index in [-0.39, 0.29) is 24.4 Å². The number of amides is 1. The number of carbonyl (C=O) groups is 2. The van der Waals surface area contributed by atoms with Gasteiger partial charge in [-0.1, -0.05) is 41.6 Å². The van der Waals surface area contributed by atoms with Crippen molar-refractivity contribution < 1.29 is 29.3 Å². The molecular weight excluding hydrogens is 502 g/mol. The standard InChI is InChI=1S/C28H27N5O6/c1-38-24-13-11-19(12-14-26(34)30-23-10-6-5-9-22(23)28(36)37)15-25(24)39-18-21-16-33(32-31-21)17-27(35)29-20-7-3-2-4-8-20/h2-16,27,29,35H,17-18H2,1H3,(H,30,34)(H,36,37)/b14-12+. The van der Waals surface area contributed by atoms with Crippen molar-refractivity contribution in [1.29, 1.82) is 0 Å². The topological polar surface area (TPSA) is 148 Å². The number of hydrogen-bond donors (Lipinski definition) is 4. The van der Waals surface area contributed by atoms with Crippen LogP contribution in [-0.4, -0.2) is 50.4 Å². The molecule has 0 aliphatic carbocycles. The molecule has 39 heavy (non-hydrogen) atoms. The van der Waals surface area contributed by atoms with E-state index in [0.717, 1.165) is 5.69 Å². The molecule has 200 valence electrons. The minimum atomic E-state index is -1.13. The van der Waals surface area contributed by atoms with Gasteiger partial charge in [-0.2, -0.15) is 0 Å². The number of aromatic carboxylic acids is 1. The van der Waals surface area contributed by atoms with E-state index in [1.807, 2.05) is 30.3 Å². The zero-order valence-electron chi connectivity index (χ0n) is 21.0. The maximum absolute atomic E-state index is 12.4. The summed E-state index contributed by atoms with van der Waals surface area (Å²) in [7, 11) is 1.52. The number of aliphatic hydroxyl groups is 1. The maximum atomic E-state index is 12.4. The first kappa shape index (κ1) is 26.9. The number of carboxylic acid groups (broad SMARTS) is 1. The Morgan fingerprint density at radius 1 is 1.05 bits per heavy atom. The van der Waals surface area contributed by atoms with Gasteiger partial charge < -0.3 is 30.3 Å². The predicted octanol–water partition coefficient (Wildman–Crippen LogP) is 3.65. The number of carbonyl (C=O) groups excluding carboxylic acids is 1. The summed E-state index contributed by atoms with van der Waals surface area (Å²) in [5, 5.41) is 33.2. The number of nitrogens with zero attached hydrogens (tertiary/aromatic N) is 3. The maximum Gasteiger partial charge on any atom is 0.337 e. The predicted molar refractivity (Wildman–Crippen MR) is 144 cm³/mol. The van der Waals surface area contributed by atoms with Gasteiger partial charge >= 0.3 is 5.97 Å². The van der Waals surface area contributed by atoms with Gasteiger partial charge in [0.05, 0.1) is 31.1 Å². The van der Waals surface area contributed by atoms with E-state index in [4.69, 9.17) is 9.47 Å². The van der Waals surface area contributed by atoms with Crippen LogP contribution in [0.5, 0.6) is 11.5 Å². The van der Waals surface area contributed by atoms with E-state index in [1.165, 1.54) is 30.0 Å². The fourth-order valence-corrected chi connectivity index (χ4v) is 3.63. The number of ether oxygens (including phenoxy) is 2. The van der Waals surface area contributed by atoms with Gasteiger partial charge in [0.2, 0.25) is 5.91 Å². The van der Waals surface area contributed by atoms with Gasteiger partial charge in [-0.15, -0.1) is 5.10 Å². The number of aliphatic hydroxyl groups excluding tert-OH is 1. The van der Waals surface area contributed by atoms with Crippen LogP contribution in [0.15, 0.2) is 85.1 Å². The molecule has 0 fully saturated rings. The molecule has 11 nitrogen and oxygen atoms in total. The molecule has 1 heterocycles. The Bertz CT molecular complexity index is 1450. The highest BCUT2D eigenvalue weighted by molar-refractivity contribution is 6.06. The molecule has 0 radical (unpaired) electrons. The quantitative estimate of drug-likeness (QED) is 0.159. The van der Waals surface area contributed by atoms with Crippen molar-refractivity contribution in [3.8, 4) is 11.5 Å². The lowest BCUT2D eigenvalue weighted by atomic mass is 10.1. The zero-order valence-corrected chi connectivity index (χ0v) is 21.0. The van der Waals surface area contributed by atoms with Gasteiger partial charge in [-0.05, 0) is 48.0 Å². The molecule has 11 heteroatoms. The van der Waals surface area contributed by atoms with Crippen molar-refractivity contribution in [2.45, 2.75) is 19.4 Å². The van der Waals surface area contributed by atoms with Crippen LogP contribution in [0, 0.1) is 0 Å². The number of aromatic nitrogens is 3. The number of rotatable bonds is 12. The van der Waals surface area contributed by atoms with Crippen molar-refractivity contribution >= 4 is 29.3 Å². The second-order valence-corrected chi connectivity index (χ2v) is 8.33. The van der Waals surface area contributed by atoms with Gasteiger partial charge in [0.15, 0.2) is 11.5 Å². The van der Waals surface area contributed by atoms with Crippen LogP contribution in [0.3, 0.4) is 0 Å². The molecule has 0 aliphatic heterocycles. The van der Waals surface area contributed by atoms with Gasteiger partial charge in [-0.25, -0.2) is 9.48 Å². The Morgan fingerprint density at radius 3 is 2.59 bits per heavy atom. The van der Waals surface area contributed by atoms with E-state index < -0.39 is 18.1 Å². The molecule has 0 bridgehead atoms. The highest BCUT2D eigenvalue weighted by Gasteiger charge is 2.12. The molecule has 1 amide bonds. The highest BCUT2D eigenvalue weighted by atomic mass is 16.5. The molecule has 1 aromatic heterocycles. The first-order valence-electron chi connectivity index (χ1n) is 11.9. The highest BCUT2D eigenvalue weighted by Crippen LogP contribution is 2.29. The number of para-hydroxylation sites is 2. The third kappa shape index (κ3) is 7.66. The van der Waals surface area contributed by atoms with Crippen LogP contribution in [0.25, 0.3) is 6.08 Å². The summed E-state index contributed by atoms with van der Waals surface area (Å²) in [6.45, 7) is 0.280. The van der Waals surface area contributed by atoms with Crippen LogP contribution in [-0.2, 0) is 17.9 Å². The van der Waals surface area contributed by atoms with Crippen molar-refractivity contribution in [1.82, 2.24) is 15.0 Å². The zero-order chi connectivity index (χ0) is 27.6. The Labute approximate surface area is 224 Å². The molecule has 1 atom stereocenters.